The lowest BCUT2D eigenvalue weighted by atomic mass is 10.00. The van der Waals surface area contributed by atoms with E-state index in [1.54, 1.807) is 0 Å². The molecule has 124 valence electrons. The van der Waals surface area contributed by atoms with Gasteiger partial charge in [-0.1, -0.05) is 12.1 Å². The topological polar surface area (TPSA) is 98.7 Å². The van der Waals surface area contributed by atoms with E-state index < -0.39 is 29.8 Å². The van der Waals surface area contributed by atoms with Crippen LogP contribution in [0.5, 0.6) is 0 Å². The number of benzene rings is 1. The van der Waals surface area contributed by atoms with Crippen molar-refractivity contribution in [1.29, 1.82) is 0 Å². The van der Waals surface area contributed by atoms with Crippen LogP contribution >= 0.6 is 0 Å². The van der Waals surface area contributed by atoms with Crippen molar-refractivity contribution in [1.82, 2.24) is 15.8 Å². The van der Waals surface area contributed by atoms with Crippen LogP contribution in [0.15, 0.2) is 24.3 Å². The van der Waals surface area contributed by atoms with Gasteiger partial charge in [-0.05, 0) is 31.4 Å². The summed E-state index contributed by atoms with van der Waals surface area (Å²) < 4.78 is 13.4. The Morgan fingerprint density at radius 2 is 1.96 bits per heavy atom. The van der Waals surface area contributed by atoms with Gasteiger partial charge in [0.2, 0.25) is 5.91 Å². The highest BCUT2D eigenvalue weighted by Crippen LogP contribution is 2.19. The molecule has 1 saturated heterocycles. The summed E-state index contributed by atoms with van der Waals surface area (Å²) in [5.74, 6) is -1.98. The minimum atomic E-state index is -1.06. The van der Waals surface area contributed by atoms with E-state index in [2.05, 4.69) is 10.9 Å². The summed E-state index contributed by atoms with van der Waals surface area (Å²) in [6, 6.07) is 4.99. The summed E-state index contributed by atoms with van der Waals surface area (Å²) in [7, 11) is 0. The Morgan fingerprint density at radius 1 is 1.22 bits per heavy atom. The molecule has 0 aromatic heterocycles. The van der Waals surface area contributed by atoms with E-state index in [1.807, 2.05) is 0 Å². The number of halogens is 1. The van der Waals surface area contributed by atoms with E-state index in [-0.39, 0.29) is 12.0 Å². The molecule has 0 radical (unpaired) electrons. The van der Waals surface area contributed by atoms with E-state index in [1.165, 1.54) is 23.1 Å². The van der Waals surface area contributed by atoms with Crippen LogP contribution in [0, 0.1) is 5.82 Å². The molecular formula is C15H18FN3O4. The third-order valence-electron chi connectivity index (χ3n) is 3.73. The number of hydrogen-bond acceptors (Lipinski definition) is 3. The number of carbonyl (C=O) groups is 3. The van der Waals surface area contributed by atoms with Gasteiger partial charge in [-0.3, -0.25) is 20.4 Å². The lowest BCUT2D eigenvalue weighted by Gasteiger charge is -2.33. The van der Waals surface area contributed by atoms with Crippen molar-refractivity contribution in [3.8, 4) is 0 Å². The fraction of sp³-hybridized carbons (Fsp3) is 0.400. The average molecular weight is 323 g/mol. The predicted molar refractivity (Wildman–Crippen MR) is 79.0 cm³/mol. The molecule has 1 aromatic rings. The van der Waals surface area contributed by atoms with Crippen LogP contribution in [0.4, 0.5) is 9.18 Å². The largest absolute Gasteiger partial charge is 0.465 e. The first-order valence-corrected chi connectivity index (χ1v) is 7.32. The van der Waals surface area contributed by atoms with Crippen LogP contribution in [-0.2, 0) is 4.79 Å². The minimum Gasteiger partial charge on any atom is -0.465 e. The second-order valence-corrected chi connectivity index (χ2v) is 5.31. The quantitative estimate of drug-likeness (QED) is 0.734. The van der Waals surface area contributed by atoms with Crippen LogP contribution in [0.1, 0.15) is 36.0 Å². The van der Waals surface area contributed by atoms with Crippen molar-refractivity contribution in [2.45, 2.75) is 31.7 Å². The summed E-state index contributed by atoms with van der Waals surface area (Å²) in [6.07, 6.45) is 1.11. The standard InChI is InChI=1S/C15H18FN3O4/c16-12-7-2-1-6-11(12)14(21)18-17-13(20)9-10-5-3-4-8-19(10)15(22)23/h1-2,6-7,10H,3-5,8-9H2,(H,17,20)(H,18,21)(H,22,23)/t10-/m0/s1. The van der Waals surface area contributed by atoms with Gasteiger partial charge in [-0.25, -0.2) is 9.18 Å². The summed E-state index contributed by atoms with van der Waals surface area (Å²) in [6.45, 7) is 0.398. The zero-order valence-corrected chi connectivity index (χ0v) is 12.4. The molecule has 2 rings (SSSR count). The molecule has 0 unspecified atom stereocenters. The fourth-order valence-electron chi connectivity index (χ4n) is 2.57. The number of hydrogen-bond donors (Lipinski definition) is 3. The Labute approximate surface area is 132 Å². The van der Waals surface area contributed by atoms with E-state index in [9.17, 15) is 18.8 Å². The fourth-order valence-corrected chi connectivity index (χ4v) is 2.57. The van der Waals surface area contributed by atoms with E-state index in [0.717, 1.165) is 18.9 Å². The first kappa shape index (κ1) is 16.7. The normalized spacial score (nSPS) is 17.4. The van der Waals surface area contributed by atoms with Crippen molar-refractivity contribution >= 4 is 17.9 Å². The van der Waals surface area contributed by atoms with Gasteiger partial charge in [0.05, 0.1) is 5.56 Å². The number of piperidine rings is 1. The first-order valence-electron chi connectivity index (χ1n) is 7.32. The number of likely N-dealkylation sites (tertiary alicyclic amines) is 1. The molecule has 3 N–H and O–H groups in total. The summed E-state index contributed by atoms with van der Waals surface area (Å²) in [4.78, 5) is 36.0. The molecule has 1 heterocycles. The van der Waals surface area contributed by atoms with Gasteiger partial charge in [0.25, 0.3) is 5.91 Å². The molecule has 7 nitrogen and oxygen atoms in total. The summed E-state index contributed by atoms with van der Waals surface area (Å²) >= 11 is 0. The molecule has 1 fully saturated rings. The van der Waals surface area contributed by atoms with Crippen LogP contribution < -0.4 is 10.9 Å². The Morgan fingerprint density at radius 3 is 2.65 bits per heavy atom. The number of carboxylic acid groups (broad SMARTS) is 1. The lowest BCUT2D eigenvalue weighted by Crippen LogP contribution is -2.48. The maximum absolute atomic E-state index is 13.4. The molecule has 1 aliphatic rings. The molecule has 23 heavy (non-hydrogen) atoms. The molecule has 1 atom stereocenters. The highest BCUT2D eigenvalue weighted by atomic mass is 19.1. The maximum Gasteiger partial charge on any atom is 0.407 e. The second-order valence-electron chi connectivity index (χ2n) is 5.31. The molecular weight excluding hydrogens is 305 g/mol. The van der Waals surface area contributed by atoms with Crippen LogP contribution in [-0.4, -0.2) is 40.5 Å². The average Bonchev–Trinajstić information content (AvgIpc) is 2.53. The molecule has 1 aliphatic heterocycles. The number of rotatable bonds is 3. The monoisotopic (exact) mass is 323 g/mol. The van der Waals surface area contributed by atoms with Crippen molar-refractivity contribution in [2.75, 3.05) is 6.54 Å². The number of nitrogens with one attached hydrogen (secondary N) is 2. The van der Waals surface area contributed by atoms with Crippen molar-refractivity contribution in [3.63, 3.8) is 0 Å². The van der Waals surface area contributed by atoms with E-state index >= 15 is 0 Å². The summed E-state index contributed by atoms with van der Waals surface area (Å²) in [5.41, 5.74) is 4.14. The third-order valence-corrected chi connectivity index (χ3v) is 3.73. The zero-order chi connectivity index (χ0) is 16.8. The predicted octanol–water partition coefficient (Wildman–Crippen LogP) is 1.51. The SMILES string of the molecule is O=C(C[C@@H]1CCCCN1C(=O)O)NNC(=O)c1ccccc1F. The molecule has 3 amide bonds. The number of nitrogens with zero attached hydrogens (tertiary/aromatic N) is 1. The maximum atomic E-state index is 13.4. The van der Waals surface area contributed by atoms with E-state index in [4.69, 9.17) is 5.11 Å². The van der Waals surface area contributed by atoms with Gasteiger partial charge in [0.1, 0.15) is 5.82 Å². The second kappa shape index (κ2) is 7.57. The Bertz CT molecular complexity index is 608. The number of hydrazine groups is 1. The van der Waals surface area contributed by atoms with Crippen molar-refractivity contribution in [2.24, 2.45) is 0 Å². The van der Waals surface area contributed by atoms with Crippen LogP contribution in [0.2, 0.25) is 0 Å². The number of amides is 3. The molecule has 1 aromatic carbocycles. The molecule has 0 saturated carbocycles. The molecule has 0 bridgehead atoms. The highest BCUT2D eigenvalue weighted by Gasteiger charge is 2.28. The van der Waals surface area contributed by atoms with Gasteiger partial charge >= 0.3 is 6.09 Å². The lowest BCUT2D eigenvalue weighted by molar-refractivity contribution is -0.123. The molecule has 0 spiro atoms. The highest BCUT2D eigenvalue weighted by molar-refractivity contribution is 5.95. The van der Waals surface area contributed by atoms with E-state index in [0.29, 0.717) is 13.0 Å². The van der Waals surface area contributed by atoms with Crippen LogP contribution in [0.25, 0.3) is 0 Å². The Balaban J connectivity index is 1.86. The zero-order valence-electron chi connectivity index (χ0n) is 12.4. The minimum absolute atomic E-state index is 0.0517. The van der Waals surface area contributed by atoms with Gasteiger partial charge in [-0.2, -0.15) is 0 Å². The van der Waals surface area contributed by atoms with Crippen LogP contribution in [0.3, 0.4) is 0 Å². The van der Waals surface area contributed by atoms with Gasteiger partial charge in [-0.15, -0.1) is 0 Å². The Kier molecular flexibility index (Phi) is 5.51. The Hall–Kier alpha value is -2.64. The number of carbonyl (C=O) groups excluding carboxylic acids is 2. The van der Waals surface area contributed by atoms with Crippen molar-refractivity contribution < 1.29 is 23.9 Å². The smallest absolute Gasteiger partial charge is 0.407 e. The van der Waals surface area contributed by atoms with Gasteiger partial charge in [0, 0.05) is 19.0 Å². The summed E-state index contributed by atoms with van der Waals surface area (Å²) in [5, 5.41) is 9.10. The molecule has 8 heteroatoms. The molecule has 0 aliphatic carbocycles. The van der Waals surface area contributed by atoms with Gasteiger partial charge < -0.3 is 10.0 Å². The van der Waals surface area contributed by atoms with Crippen molar-refractivity contribution in [3.05, 3.63) is 35.6 Å². The van der Waals surface area contributed by atoms with Gasteiger partial charge in [0.15, 0.2) is 0 Å². The third kappa shape index (κ3) is 4.41. The first-order chi connectivity index (χ1) is 11.0.